The van der Waals surface area contributed by atoms with E-state index in [0.29, 0.717) is 31.4 Å². The zero-order valence-electron chi connectivity index (χ0n) is 17.9. The first kappa shape index (κ1) is 20.9. The molecule has 3 heterocycles. The van der Waals surface area contributed by atoms with E-state index in [9.17, 15) is 4.79 Å². The monoisotopic (exact) mass is 417 g/mol. The van der Waals surface area contributed by atoms with Crippen molar-refractivity contribution < 1.29 is 4.79 Å². The van der Waals surface area contributed by atoms with E-state index in [1.807, 2.05) is 24.3 Å². The Balaban J connectivity index is 1.67. The van der Waals surface area contributed by atoms with Crippen LogP contribution in [-0.2, 0) is 17.8 Å². The van der Waals surface area contributed by atoms with Crippen LogP contribution in [0.3, 0.4) is 0 Å². The second-order valence-electron chi connectivity index (χ2n) is 7.95. The summed E-state index contributed by atoms with van der Waals surface area (Å²) in [5, 5.41) is 6.31. The number of pyridine rings is 1. The molecule has 8 heteroatoms. The Morgan fingerprint density at radius 3 is 2.84 bits per heavy atom. The maximum Gasteiger partial charge on any atom is 0.234 e. The van der Waals surface area contributed by atoms with Gasteiger partial charge in [-0.2, -0.15) is 4.98 Å². The Morgan fingerprint density at radius 2 is 1.97 bits per heavy atom. The Morgan fingerprint density at radius 1 is 1.06 bits per heavy atom. The van der Waals surface area contributed by atoms with E-state index in [1.165, 1.54) is 6.33 Å². The molecule has 1 aliphatic heterocycles. The molecule has 4 rings (SSSR count). The van der Waals surface area contributed by atoms with Crippen LogP contribution in [-0.4, -0.2) is 49.9 Å². The van der Waals surface area contributed by atoms with Gasteiger partial charge >= 0.3 is 0 Å². The summed E-state index contributed by atoms with van der Waals surface area (Å²) in [6.07, 6.45) is 4.87. The zero-order chi connectivity index (χ0) is 21.6. The van der Waals surface area contributed by atoms with Gasteiger partial charge in [0, 0.05) is 42.3 Å². The quantitative estimate of drug-likeness (QED) is 0.628. The summed E-state index contributed by atoms with van der Waals surface area (Å²) in [7, 11) is 0. The molecule has 0 spiro atoms. The molecule has 2 N–H and O–H groups in total. The smallest absolute Gasteiger partial charge is 0.234 e. The predicted octanol–water partition coefficient (Wildman–Crippen LogP) is 2.95. The Bertz CT molecular complexity index is 1050. The van der Waals surface area contributed by atoms with Crippen LogP contribution in [0.25, 0.3) is 11.4 Å². The van der Waals surface area contributed by atoms with E-state index in [0.717, 1.165) is 35.3 Å². The summed E-state index contributed by atoms with van der Waals surface area (Å²) in [5.74, 6) is 1.12. The highest BCUT2D eigenvalue weighted by molar-refractivity contribution is 5.78. The average molecular weight is 418 g/mol. The molecule has 0 saturated carbocycles. The van der Waals surface area contributed by atoms with Gasteiger partial charge in [0.25, 0.3) is 0 Å². The molecule has 1 aromatic carbocycles. The fourth-order valence-corrected chi connectivity index (χ4v) is 3.52. The normalized spacial score (nSPS) is 15.5. The number of anilines is 2. The first-order valence-corrected chi connectivity index (χ1v) is 10.6. The van der Waals surface area contributed by atoms with Crippen molar-refractivity contribution in [2.24, 2.45) is 0 Å². The maximum atomic E-state index is 12.5. The summed E-state index contributed by atoms with van der Waals surface area (Å²) in [6.45, 7) is 5.86. The number of nitrogens with zero attached hydrogens (tertiary/aromatic N) is 5. The van der Waals surface area contributed by atoms with Gasteiger partial charge in [-0.1, -0.05) is 12.1 Å². The molecular weight excluding hydrogens is 390 g/mol. The van der Waals surface area contributed by atoms with Crippen LogP contribution in [0.1, 0.15) is 31.5 Å². The molecule has 0 saturated heterocycles. The van der Waals surface area contributed by atoms with Gasteiger partial charge in [-0.05, 0) is 56.5 Å². The van der Waals surface area contributed by atoms with Gasteiger partial charge in [0.2, 0.25) is 11.9 Å². The second-order valence-corrected chi connectivity index (χ2v) is 7.95. The summed E-state index contributed by atoms with van der Waals surface area (Å²) < 4.78 is 0. The number of fused-ring (bicyclic) bond motifs is 7. The van der Waals surface area contributed by atoms with Crippen LogP contribution in [0.4, 0.5) is 11.6 Å². The molecule has 0 fully saturated rings. The molecule has 160 valence electrons. The first-order valence-electron chi connectivity index (χ1n) is 10.6. The minimum atomic E-state index is 0.0402. The lowest BCUT2D eigenvalue weighted by Gasteiger charge is -2.26. The third-order valence-electron chi connectivity index (χ3n) is 5.22. The van der Waals surface area contributed by atoms with Crippen LogP contribution in [0.2, 0.25) is 0 Å². The summed E-state index contributed by atoms with van der Waals surface area (Å²) in [6, 6.07) is 12.2. The molecule has 6 bridgehead atoms. The third-order valence-corrected chi connectivity index (χ3v) is 5.22. The average Bonchev–Trinajstić information content (AvgIpc) is 2.76. The minimum absolute atomic E-state index is 0.0402. The Hall–Kier alpha value is -3.39. The maximum absolute atomic E-state index is 12.5. The van der Waals surface area contributed by atoms with Crippen molar-refractivity contribution in [2.75, 3.05) is 18.4 Å². The molecule has 0 atom stereocenters. The molecule has 2 aromatic heterocycles. The molecule has 0 unspecified atom stereocenters. The van der Waals surface area contributed by atoms with Crippen molar-refractivity contribution in [1.29, 1.82) is 0 Å². The first-order chi connectivity index (χ1) is 15.1. The van der Waals surface area contributed by atoms with Crippen molar-refractivity contribution >= 4 is 17.5 Å². The highest BCUT2D eigenvalue weighted by Gasteiger charge is 2.15. The van der Waals surface area contributed by atoms with Gasteiger partial charge in [0.05, 0.1) is 6.54 Å². The fraction of sp³-hybridized carbons (Fsp3) is 0.348. The van der Waals surface area contributed by atoms with Crippen molar-refractivity contribution in [3.05, 3.63) is 60.2 Å². The van der Waals surface area contributed by atoms with E-state index in [1.54, 1.807) is 6.20 Å². The topological polar surface area (TPSA) is 95.9 Å². The summed E-state index contributed by atoms with van der Waals surface area (Å²) >= 11 is 0. The number of carbonyl (C=O) groups is 1. The number of amides is 1. The number of aromatic nitrogens is 4. The van der Waals surface area contributed by atoms with Crippen molar-refractivity contribution in [3.8, 4) is 11.4 Å². The van der Waals surface area contributed by atoms with Gasteiger partial charge in [0.1, 0.15) is 6.33 Å². The minimum Gasteiger partial charge on any atom is -0.355 e. The second kappa shape index (κ2) is 9.61. The molecular formula is C23H27N7O. The van der Waals surface area contributed by atoms with Crippen LogP contribution >= 0.6 is 0 Å². The lowest BCUT2D eigenvalue weighted by Crippen LogP contribution is -2.40. The van der Waals surface area contributed by atoms with Gasteiger partial charge in [0.15, 0.2) is 5.82 Å². The number of aryl methyl sites for hydroxylation is 1. The van der Waals surface area contributed by atoms with Crippen LogP contribution < -0.4 is 10.6 Å². The van der Waals surface area contributed by atoms with Gasteiger partial charge in [-0.15, -0.1) is 0 Å². The molecule has 3 aromatic rings. The molecule has 8 nitrogen and oxygen atoms in total. The third kappa shape index (κ3) is 5.61. The van der Waals surface area contributed by atoms with E-state index < -0.39 is 0 Å². The summed E-state index contributed by atoms with van der Waals surface area (Å²) in [5.41, 5.74) is 3.83. The van der Waals surface area contributed by atoms with Crippen LogP contribution in [0.5, 0.6) is 0 Å². The van der Waals surface area contributed by atoms with E-state index >= 15 is 0 Å². The van der Waals surface area contributed by atoms with E-state index in [4.69, 9.17) is 0 Å². The van der Waals surface area contributed by atoms with Crippen LogP contribution in [0, 0.1) is 0 Å². The number of rotatable bonds is 1. The molecule has 0 aliphatic carbocycles. The Labute approximate surface area is 182 Å². The lowest BCUT2D eigenvalue weighted by molar-refractivity contribution is -0.122. The van der Waals surface area contributed by atoms with Gasteiger partial charge < -0.3 is 10.6 Å². The van der Waals surface area contributed by atoms with E-state index in [2.05, 4.69) is 61.4 Å². The van der Waals surface area contributed by atoms with Crippen LogP contribution in [0.15, 0.2) is 48.9 Å². The van der Waals surface area contributed by atoms with Gasteiger partial charge in [-0.3, -0.25) is 14.7 Å². The highest BCUT2D eigenvalue weighted by atomic mass is 16.2. The highest BCUT2D eigenvalue weighted by Crippen LogP contribution is 2.20. The fourth-order valence-electron chi connectivity index (χ4n) is 3.52. The number of nitrogens with one attached hydrogen (secondary N) is 2. The molecule has 1 aliphatic rings. The number of hydrogen-bond acceptors (Lipinski definition) is 7. The zero-order valence-corrected chi connectivity index (χ0v) is 17.9. The Kier molecular flexibility index (Phi) is 6.47. The predicted molar refractivity (Wildman–Crippen MR) is 120 cm³/mol. The SMILES string of the molecule is CC(C)N1CC(=O)NCCCc2cc(ccn2)-c2ncnc(n2)Nc2cccc(c2)C1. The standard InChI is InChI=1S/C23H27N7O/c1-16(2)30-13-17-5-3-6-20(11-17)28-23-27-15-26-22(29-23)18-8-10-24-19(12-18)7-4-9-25-21(31)14-30/h3,5-6,8,10-12,15-16H,4,7,9,13-14H2,1-2H3,(H,25,31)(H,26,27,28,29). The van der Waals surface area contributed by atoms with Crippen molar-refractivity contribution in [2.45, 2.75) is 39.3 Å². The summed E-state index contributed by atoms with van der Waals surface area (Å²) in [4.78, 5) is 32.3. The molecule has 1 amide bonds. The molecule has 31 heavy (non-hydrogen) atoms. The van der Waals surface area contributed by atoms with E-state index in [-0.39, 0.29) is 11.9 Å². The van der Waals surface area contributed by atoms with Gasteiger partial charge in [-0.25, -0.2) is 9.97 Å². The van der Waals surface area contributed by atoms with Crippen molar-refractivity contribution in [3.63, 3.8) is 0 Å². The largest absolute Gasteiger partial charge is 0.355 e. The number of benzene rings is 1. The number of hydrogen-bond donors (Lipinski definition) is 2. The number of carbonyl (C=O) groups excluding carboxylic acids is 1. The van der Waals surface area contributed by atoms with Crippen molar-refractivity contribution in [1.82, 2.24) is 30.2 Å². The lowest BCUT2D eigenvalue weighted by atomic mass is 10.1. The molecule has 0 radical (unpaired) electrons.